The summed E-state index contributed by atoms with van der Waals surface area (Å²) in [6.45, 7) is 1.73. The van der Waals surface area contributed by atoms with Gasteiger partial charge in [-0.25, -0.2) is 0 Å². The maximum atomic E-state index is 11.1. The van der Waals surface area contributed by atoms with E-state index in [2.05, 4.69) is 10.1 Å². The minimum Gasteiger partial charge on any atom is -0.468 e. The SMILES string of the molecule is COC(=O)C(CN)NCC1CCCO1. The van der Waals surface area contributed by atoms with Crippen LogP contribution in [0, 0.1) is 0 Å². The van der Waals surface area contributed by atoms with Gasteiger partial charge in [-0.3, -0.25) is 4.79 Å². The van der Waals surface area contributed by atoms with Crippen molar-refractivity contribution >= 4 is 5.97 Å². The molecule has 1 aliphatic rings. The van der Waals surface area contributed by atoms with Crippen LogP contribution in [0.15, 0.2) is 0 Å². The molecule has 0 aliphatic carbocycles. The number of methoxy groups -OCH3 is 1. The van der Waals surface area contributed by atoms with E-state index in [1.165, 1.54) is 7.11 Å². The van der Waals surface area contributed by atoms with Crippen molar-refractivity contribution in [2.75, 3.05) is 26.8 Å². The summed E-state index contributed by atoms with van der Waals surface area (Å²) in [6.07, 6.45) is 2.36. The first kappa shape index (κ1) is 11.4. The fraction of sp³-hybridized carbons (Fsp3) is 0.889. The number of nitrogens with one attached hydrogen (secondary N) is 1. The van der Waals surface area contributed by atoms with Crippen molar-refractivity contribution in [3.8, 4) is 0 Å². The molecule has 0 bridgehead atoms. The zero-order valence-electron chi connectivity index (χ0n) is 8.49. The summed E-state index contributed by atoms with van der Waals surface area (Å²) in [5.74, 6) is -0.314. The Hall–Kier alpha value is -0.650. The van der Waals surface area contributed by atoms with Crippen LogP contribution >= 0.6 is 0 Å². The van der Waals surface area contributed by atoms with E-state index in [-0.39, 0.29) is 18.6 Å². The summed E-state index contributed by atoms with van der Waals surface area (Å²) in [5.41, 5.74) is 5.43. The van der Waals surface area contributed by atoms with Crippen LogP contribution in [0.4, 0.5) is 0 Å². The molecule has 0 aromatic heterocycles. The van der Waals surface area contributed by atoms with E-state index in [0.717, 1.165) is 19.4 Å². The second-order valence-corrected chi connectivity index (χ2v) is 3.35. The van der Waals surface area contributed by atoms with Crippen LogP contribution in [0.2, 0.25) is 0 Å². The van der Waals surface area contributed by atoms with E-state index >= 15 is 0 Å². The van der Waals surface area contributed by atoms with Crippen molar-refractivity contribution in [1.82, 2.24) is 5.32 Å². The third kappa shape index (κ3) is 3.25. The third-order valence-corrected chi connectivity index (χ3v) is 2.34. The molecule has 5 heteroatoms. The highest BCUT2D eigenvalue weighted by atomic mass is 16.5. The zero-order valence-corrected chi connectivity index (χ0v) is 8.49. The molecule has 0 radical (unpaired) electrons. The number of nitrogens with two attached hydrogens (primary N) is 1. The van der Waals surface area contributed by atoms with Crippen LogP contribution in [-0.4, -0.2) is 44.9 Å². The van der Waals surface area contributed by atoms with Crippen molar-refractivity contribution < 1.29 is 14.3 Å². The lowest BCUT2D eigenvalue weighted by atomic mass is 10.2. The smallest absolute Gasteiger partial charge is 0.324 e. The highest BCUT2D eigenvalue weighted by Crippen LogP contribution is 2.10. The number of esters is 1. The minimum atomic E-state index is -0.413. The number of ether oxygens (including phenoxy) is 2. The molecule has 82 valence electrons. The molecular weight excluding hydrogens is 184 g/mol. The Labute approximate surface area is 83.9 Å². The first-order valence-electron chi connectivity index (χ1n) is 4.90. The van der Waals surface area contributed by atoms with Crippen LogP contribution in [0.3, 0.4) is 0 Å². The molecular formula is C9H18N2O3. The maximum absolute atomic E-state index is 11.1. The van der Waals surface area contributed by atoms with Gasteiger partial charge >= 0.3 is 5.97 Å². The van der Waals surface area contributed by atoms with Gasteiger partial charge in [-0.05, 0) is 12.8 Å². The fourth-order valence-electron chi connectivity index (χ4n) is 1.48. The third-order valence-electron chi connectivity index (χ3n) is 2.34. The summed E-state index contributed by atoms with van der Waals surface area (Å²) in [4.78, 5) is 11.1. The van der Waals surface area contributed by atoms with E-state index in [1.54, 1.807) is 0 Å². The molecule has 3 N–H and O–H groups in total. The first-order chi connectivity index (χ1) is 6.77. The van der Waals surface area contributed by atoms with Crippen molar-refractivity contribution in [3.05, 3.63) is 0 Å². The fourth-order valence-corrected chi connectivity index (χ4v) is 1.48. The summed E-state index contributed by atoms with van der Waals surface area (Å²) in [5, 5.41) is 3.04. The molecule has 14 heavy (non-hydrogen) atoms. The van der Waals surface area contributed by atoms with Crippen molar-refractivity contribution in [1.29, 1.82) is 0 Å². The quantitative estimate of drug-likeness (QED) is 0.574. The predicted octanol–water partition coefficient (Wildman–Crippen LogP) is -0.745. The van der Waals surface area contributed by atoms with Gasteiger partial charge in [-0.1, -0.05) is 0 Å². The van der Waals surface area contributed by atoms with E-state index in [9.17, 15) is 4.79 Å². The Bertz CT molecular complexity index is 181. The van der Waals surface area contributed by atoms with Crippen molar-refractivity contribution in [2.24, 2.45) is 5.73 Å². The molecule has 0 amide bonds. The number of carbonyl (C=O) groups is 1. The molecule has 0 saturated carbocycles. The molecule has 1 heterocycles. The number of hydrogen-bond donors (Lipinski definition) is 2. The Morgan fingerprint density at radius 1 is 1.79 bits per heavy atom. The molecule has 0 aromatic rings. The normalized spacial score (nSPS) is 23.4. The van der Waals surface area contributed by atoms with Gasteiger partial charge in [0.05, 0.1) is 13.2 Å². The molecule has 0 spiro atoms. The minimum absolute atomic E-state index is 0.216. The average Bonchev–Trinajstić information content (AvgIpc) is 2.71. The van der Waals surface area contributed by atoms with Crippen LogP contribution < -0.4 is 11.1 Å². The van der Waals surface area contributed by atoms with E-state index in [1.807, 2.05) is 0 Å². The molecule has 2 atom stereocenters. The Morgan fingerprint density at radius 2 is 2.57 bits per heavy atom. The molecule has 1 rings (SSSR count). The van der Waals surface area contributed by atoms with E-state index in [4.69, 9.17) is 10.5 Å². The van der Waals surface area contributed by atoms with E-state index in [0.29, 0.717) is 6.54 Å². The van der Waals surface area contributed by atoms with Crippen LogP contribution in [0.1, 0.15) is 12.8 Å². The second-order valence-electron chi connectivity index (χ2n) is 3.35. The lowest BCUT2D eigenvalue weighted by Crippen LogP contribution is -2.46. The summed E-state index contributed by atoms with van der Waals surface area (Å²) >= 11 is 0. The lowest BCUT2D eigenvalue weighted by Gasteiger charge is -2.16. The predicted molar refractivity (Wildman–Crippen MR) is 51.8 cm³/mol. The van der Waals surface area contributed by atoms with Gasteiger partial charge in [0.25, 0.3) is 0 Å². The Balaban J connectivity index is 2.22. The number of carbonyl (C=O) groups excluding carboxylic acids is 1. The van der Waals surface area contributed by atoms with Crippen LogP contribution in [0.5, 0.6) is 0 Å². The molecule has 5 nitrogen and oxygen atoms in total. The topological polar surface area (TPSA) is 73.6 Å². The van der Waals surface area contributed by atoms with Gasteiger partial charge in [0.1, 0.15) is 6.04 Å². The molecule has 1 saturated heterocycles. The molecule has 1 fully saturated rings. The zero-order chi connectivity index (χ0) is 10.4. The summed E-state index contributed by atoms with van der Waals surface area (Å²) in [6, 6.07) is -0.413. The van der Waals surface area contributed by atoms with Crippen molar-refractivity contribution in [2.45, 2.75) is 25.0 Å². The standard InChI is InChI=1S/C9H18N2O3/c1-13-9(12)8(5-10)11-6-7-3-2-4-14-7/h7-8,11H,2-6,10H2,1H3. The number of hydrogen-bond acceptors (Lipinski definition) is 5. The van der Waals surface area contributed by atoms with Gasteiger partial charge in [0, 0.05) is 19.7 Å². The van der Waals surface area contributed by atoms with Gasteiger partial charge in [0.2, 0.25) is 0 Å². The second kappa shape index (κ2) is 5.95. The molecule has 2 unspecified atom stereocenters. The van der Waals surface area contributed by atoms with Gasteiger partial charge in [-0.15, -0.1) is 0 Å². The highest BCUT2D eigenvalue weighted by Gasteiger charge is 2.20. The molecule has 1 aliphatic heterocycles. The van der Waals surface area contributed by atoms with Crippen LogP contribution in [0.25, 0.3) is 0 Å². The van der Waals surface area contributed by atoms with Gasteiger partial charge in [-0.2, -0.15) is 0 Å². The largest absolute Gasteiger partial charge is 0.468 e. The maximum Gasteiger partial charge on any atom is 0.324 e. The van der Waals surface area contributed by atoms with Gasteiger partial charge < -0.3 is 20.5 Å². The highest BCUT2D eigenvalue weighted by molar-refractivity contribution is 5.75. The Kier molecular flexibility index (Phi) is 4.86. The van der Waals surface area contributed by atoms with Crippen molar-refractivity contribution in [3.63, 3.8) is 0 Å². The number of rotatable bonds is 5. The molecule has 0 aromatic carbocycles. The first-order valence-corrected chi connectivity index (χ1v) is 4.90. The monoisotopic (exact) mass is 202 g/mol. The Morgan fingerprint density at radius 3 is 3.07 bits per heavy atom. The summed E-state index contributed by atoms with van der Waals surface area (Å²) < 4.78 is 10.0. The lowest BCUT2D eigenvalue weighted by molar-refractivity contribution is -0.142. The van der Waals surface area contributed by atoms with E-state index < -0.39 is 6.04 Å². The van der Waals surface area contributed by atoms with Crippen LogP contribution in [-0.2, 0) is 14.3 Å². The summed E-state index contributed by atoms with van der Waals surface area (Å²) in [7, 11) is 1.36. The van der Waals surface area contributed by atoms with Gasteiger partial charge in [0.15, 0.2) is 0 Å². The average molecular weight is 202 g/mol.